The SMILES string of the molecule is CCOc1cccc(C(=O)NC23CC4CC(C2)CC(NC(=O)c2cncc(C)n2)(C4)C3)c1. The van der Waals surface area contributed by atoms with Gasteiger partial charge in [0, 0.05) is 22.8 Å². The largest absolute Gasteiger partial charge is 0.494 e. The molecule has 0 aliphatic heterocycles. The molecule has 4 bridgehead atoms. The van der Waals surface area contributed by atoms with Gasteiger partial charge in [-0.25, -0.2) is 4.98 Å². The van der Waals surface area contributed by atoms with E-state index in [2.05, 4.69) is 20.6 Å². The van der Waals surface area contributed by atoms with Gasteiger partial charge in [0.25, 0.3) is 11.8 Å². The minimum Gasteiger partial charge on any atom is -0.494 e. The number of hydrogen-bond donors (Lipinski definition) is 2. The van der Waals surface area contributed by atoms with Crippen LogP contribution in [0.3, 0.4) is 0 Å². The van der Waals surface area contributed by atoms with Gasteiger partial charge in [0.05, 0.1) is 18.5 Å². The molecular formula is C25H30N4O3. The van der Waals surface area contributed by atoms with Gasteiger partial charge in [-0.15, -0.1) is 0 Å². The fourth-order valence-corrected chi connectivity index (χ4v) is 6.64. The third-order valence-corrected chi connectivity index (χ3v) is 7.21. The summed E-state index contributed by atoms with van der Waals surface area (Å²) < 4.78 is 5.56. The van der Waals surface area contributed by atoms with Crippen molar-refractivity contribution in [1.29, 1.82) is 0 Å². The second-order valence-electron chi connectivity index (χ2n) is 9.94. The molecule has 168 valence electrons. The maximum atomic E-state index is 13.2. The monoisotopic (exact) mass is 434 g/mol. The molecule has 0 spiro atoms. The zero-order valence-corrected chi connectivity index (χ0v) is 18.7. The molecule has 4 aliphatic carbocycles. The Labute approximate surface area is 188 Å². The predicted octanol–water partition coefficient (Wildman–Crippen LogP) is 3.43. The average Bonchev–Trinajstić information content (AvgIpc) is 2.72. The summed E-state index contributed by atoms with van der Waals surface area (Å²) in [5.74, 6) is 1.48. The Hall–Kier alpha value is -2.96. The van der Waals surface area contributed by atoms with E-state index in [0.29, 0.717) is 35.4 Å². The highest BCUT2D eigenvalue weighted by Crippen LogP contribution is 2.57. The van der Waals surface area contributed by atoms with E-state index in [1.807, 2.05) is 32.0 Å². The van der Waals surface area contributed by atoms with Gasteiger partial charge in [0.1, 0.15) is 11.4 Å². The van der Waals surface area contributed by atoms with Crippen molar-refractivity contribution in [2.24, 2.45) is 11.8 Å². The van der Waals surface area contributed by atoms with Gasteiger partial charge in [-0.05, 0) is 82.4 Å². The van der Waals surface area contributed by atoms with Crippen molar-refractivity contribution >= 4 is 11.8 Å². The standard InChI is InChI=1S/C25H30N4O3/c1-3-32-20-6-4-5-19(8-20)22(30)28-24-9-17-7-18(10-24)12-25(11-17,15-24)29-23(31)21-14-26-13-16(2)27-21/h4-6,8,13-14,17-18H,3,7,9-12,15H2,1-2H3,(H,28,30)(H,29,31). The Kier molecular flexibility index (Phi) is 5.14. The molecule has 4 saturated carbocycles. The summed E-state index contributed by atoms with van der Waals surface area (Å²) in [4.78, 5) is 34.7. The van der Waals surface area contributed by atoms with Crippen LogP contribution in [0.1, 0.15) is 72.0 Å². The number of aromatic nitrogens is 2. The van der Waals surface area contributed by atoms with Crippen LogP contribution in [0, 0.1) is 18.8 Å². The van der Waals surface area contributed by atoms with Gasteiger partial charge >= 0.3 is 0 Å². The van der Waals surface area contributed by atoms with Gasteiger partial charge < -0.3 is 15.4 Å². The molecule has 2 unspecified atom stereocenters. The van der Waals surface area contributed by atoms with E-state index in [1.165, 1.54) is 12.6 Å². The minimum absolute atomic E-state index is 0.0699. The van der Waals surface area contributed by atoms with Crippen molar-refractivity contribution in [1.82, 2.24) is 20.6 Å². The average molecular weight is 435 g/mol. The first kappa shape index (κ1) is 20.9. The second kappa shape index (κ2) is 7.87. The molecule has 2 atom stereocenters. The number of hydrogen-bond acceptors (Lipinski definition) is 5. The molecular weight excluding hydrogens is 404 g/mol. The maximum absolute atomic E-state index is 13.2. The molecule has 6 rings (SSSR count). The third-order valence-electron chi connectivity index (χ3n) is 7.21. The fourth-order valence-electron chi connectivity index (χ4n) is 6.64. The number of benzene rings is 1. The van der Waals surface area contributed by atoms with Crippen molar-refractivity contribution < 1.29 is 14.3 Å². The number of ether oxygens (including phenoxy) is 1. The molecule has 0 saturated heterocycles. The van der Waals surface area contributed by atoms with Crippen LogP contribution in [-0.2, 0) is 0 Å². The van der Waals surface area contributed by atoms with Crippen LogP contribution in [0.25, 0.3) is 0 Å². The summed E-state index contributed by atoms with van der Waals surface area (Å²) in [6.45, 7) is 4.32. The van der Waals surface area contributed by atoms with E-state index in [0.717, 1.165) is 37.8 Å². The zero-order valence-electron chi connectivity index (χ0n) is 18.7. The molecule has 0 radical (unpaired) electrons. The van der Waals surface area contributed by atoms with Crippen molar-refractivity contribution in [3.05, 3.63) is 53.6 Å². The van der Waals surface area contributed by atoms with Crippen LogP contribution in [0.5, 0.6) is 5.75 Å². The van der Waals surface area contributed by atoms with Crippen LogP contribution in [-0.4, -0.2) is 39.5 Å². The molecule has 7 heteroatoms. The highest BCUT2D eigenvalue weighted by Gasteiger charge is 2.58. The van der Waals surface area contributed by atoms with Crippen LogP contribution in [0.15, 0.2) is 36.7 Å². The van der Waals surface area contributed by atoms with E-state index < -0.39 is 0 Å². The Morgan fingerprint density at radius 3 is 2.41 bits per heavy atom. The molecule has 4 aliphatic rings. The number of amides is 2. The van der Waals surface area contributed by atoms with Gasteiger partial charge in [-0.1, -0.05) is 6.07 Å². The topological polar surface area (TPSA) is 93.2 Å². The van der Waals surface area contributed by atoms with Gasteiger partial charge in [0.15, 0.2) is 0 Å². The maximum Gasteiger partial charge on any atom is 0.271 e. The van der Waals surface area contributed by atoms with E-state index >= 15 is 0 Å². The number of carbonyl (C=O) groups is 2. The summed E-state index contributed by atoms with van der Waals surface area (Å²) in [7, 11) is 0. The molecule has 1 heterocycles. The number of carbonyl (C=O) groups excluding carboxylic acids is 2. The van der Waals surface area contributed by atoms with Crippen molar-refractivity contribution in [3.8, 4) is 5.75 Å². The van der Waals surface area contributed by atoms with Gasteiger partial charge in [-0.2, -0.15) is 0 Å². The van der Waals surface area contributed by atoms with Crippen molar-refractivity contribution in [2.45, 2.75) is 63.5 Å². The van der Waals surface area contributed by atoms with E-state index in [9.17, 15) is 9.59 Å². The lowest BCUT2D eigenvalue weighted by atomic mass is 9.49. The minimum atomic E-state index is -0.299. The van der Waals surface area contributed by atoms with E-state index in [1.54, 1.807) is 12.3 Å². The Bertz CT molecular complexity index is 1040. The van der Waals surface area contributed by atoms with E-state index in [-0.39, 0.29) is 22.9 Å². The number of nitrogens with zero attached hydrogens (tertiary/aromatic N) is 2. The van der Waals surface area contributed by atoms with E-state index in [4.69, 9.17) is 4.74 Å². The first-order chi connectivity index (χ1) is 15.4. The molecule has 1 aromatic carbocycles. The second-order valence-corrected chi connectivity index (χ2v) is 9.94. The normalized spacial score (nSPS) is 30.1. The lowest BCUT2D eigenvalue weighted by Crippen LogP contribution is -2.69. The first-order valence-electron chi connectivity index (χ1n) is 11.5. The summed E-state index contributed by atoms with van der Waals surface area (Å²) >= 11 is 0. The Balaban J connectivity index is 1.36. The highest BCUT2D eigenvalue weighted by molar-refractivity contribution is 5.95. The smallest absolute Gasteiger partial charge is 0.271 e. The summed E-state index contributed by atoms with van der Waals surface area (Å²) in [5, 5.41) is 6.70. The van der Waals surface area contributed by atoms with Gasteiger partial charge in [-0.3, -0.25) is 14.6 Å². The summed E-state index contributed by atoms with van der Waals surface area (Å²) in [5.41, 5.74) is 1.11. The number of nitrogens with one attached hydrogen (secondary N) is 2. The highest BCUT2D eigenvalue weighted by atomic mass is 16.5. The number of aryl methyl sites for hydroxylation is 1. The number of rotatable bonds is 6. The zero-order chi connectivity index (χ0) is 22.3. The van der Waals surface area contributed by atoms with Crippen LogP contribution >= 0.6 is 0 Å². The van der Waals surface area contributed by atoms with Crippen LogP contribution in [0.2, 0.25) is 0 Å². The van der Waals surface area contributed by atoms with Crippen LogP contribution < -0.4 is 15.4 Å². The molecule has 32 heavy (non-hydrogen) atoms. The summed E-state index contributed by atoms with van der Waals surface area (Å²) in [6, 6.07) is 7.34. The third kappa shape index (κ3) is 3.96. The first-order valence-corrected chi connectivity index (χ1v) is 11.5. The summed E-state index contributed by atoms with van der Waals surface area (Å²) in [6.07, 6.45) is 8.98. The fraction of sp³-hybridized carbons (Fsp3) is 0.520. The lowest BCUT2D eigenvalue weighted by molar-refractivity contribution is -0.0448. The predicted molar refractivity (Wildman–Crippen MR) is 119 cm³/mol. The lowest BCUT2D eigenvalue weighted by Gasteiger charge is -2.62. The molecule has 2 aromatic rings. The molecule has 7 nitrogen and oxygen atoms in total. The Morgan fingerprint density at radius 2 is 1.75 bits per heavy atom. The molecule has 1 aromatic heterocycles. The molecule has 2 N–H and O–H groups in total. The van der Waals surface area contributed by atoms with Crippen LogP contribution in [0.4, 0.5) is 0 Å². The van der Waals surface area contributed by atoms with Crippen molar-refractivity contribution in [3.63, 3.8) is 0 Å². The Morgan fingerprint density at radius 1 is 1.06 bits per heavy atom. The molecule has 2 amide bonds. The van der Waals surface area contributed by atoms with Gasteiger partial charge in [0.2, 0.25) is 0 Å². The van der Waals surface area contributed by atoms with Crippen molar-refractivity contribution in [2.75, 3.05) is 6.61 Å². The quantitative estimate of drug-likeness (QED) is 0.727. The molecule has 4 fully saturated rings.